The number of aromatic nitrogens is 1. The van der Waals surface area contributed by atoms with E-state index in [4.69, 9.17) is 0 Å². The highest BCUT2D eigenvalue weighted by Crippen LogP contribution is 2.07. The number of anilines is 1. The van der Waals surface area contributed by atoms with Gasteiger partial charge in [-0.3, -0.25) is 4.99 Å². The van der Waals surface area contributed by atoms with Crippen LogP contribution in [0, 0.1) is 5.92 Å². The largest absolute Gasteiger partial charge is 0.363 e. The lowest BCUT2D eigenvalue weighted by atomic mass is 10.1. The highest BCUT2D eigenvalue weighted by Gasteiger charge is 2.02. The van der Waals surface area contributed by atoms with Gasteiger partial charge in [0.25, 0.3) is 0 Å². The Hall–Kier alpha value is -1.78. The Morgan fingerprint density at radius 1 is 1.29 bits per heavy atom. The summed E-state index contributed by atoms with van der Waals surface area (Å²) in [7, 11) is 5.78. The fourth-order valence-corrected chi connectivity index (χ4v) is 1.93. The van der Waals surface area contributed by atoms with Gasteiger partial charge in [0.15, 0.2) is 5.96 Å². The van der Waals surface area contributed by atoms with Crippen molar-refractivity contribution < 1.29 is 0 Å². The molecule has 0 spiro atoms. The molecule has 1 heterocycles. The Kier molecular flexibility index (Phi) is 7.58. The van der Waals surface area contributed by atoms with E-state index >= 15 is 0 Å². The van der Waals surface area contributed by atoms with E-state index in [1.807, 2.05) is 37.2 Å². The number of aliphatic imine (C=N–C) groups is 1. The topological polar surface area (TPSA) is 52.6 Å². The van der Waals surface area contributed by atoms with E-state index in [0.29, 0.717) is 6.54 Å². The Bertz CT molecular complexity index is 440. The van der Waals surface area contributed by atoms with Crippen LogP contribution in [0.3, 0.4) is 0 Å². The van der Waals surface area contributed by atoms with Crippen molar-refractivity contribution in [1.29, 1.82) is 0 Å². The minimum atomic E-state index is 0.672. The Balaban J connectivity index is 2.39. The highest BCUT2D eigenvalue weighted by atomic mass is 15.2. The fourth-order valence-electron chi connectivity index (χ4n) is 1.93. The second-order valence-electron chi connectivity index (χ2n) is 5.77. The first-order valence-electron chi connectivity index (χ1n) is 7.60. The second kappa shape index (κ2) is 9.21. The van der Waals surface area contributed by atoms with Gasteiger partial charge in [0, 0.05) is 27.7 Å². The van der Waals surface area contributed by atoms with E-state index < -0.39 is 0 Å². The average molecular weight is 291 g/mol. The molecule has 0 aliphatic heterocycles. The molecule has 0 saturated carbocycles. The van der Waals surface area contributed by atoms with Crippen molar-refractivity contribution in [3.63, 3.8) is 0 Å². The molecule has 0 saturated heterocycles. The van der Waals surface area contributed by atoms with Crippen molar-refractivity contribution in [2.24, 2.45) is 10.9 Å². The van der Waals surface area contributed by atoms with Crippen molar-refractivity contribution >= 4 is 11.8 Å². The number of hydrogen-bond acceptors (Lipinski definition) is 3. The summed E-state index contributed by atoms with van der Waals surface area (Å²) in [5, 5.41) is 6.63. The molecule has 1 aromatic heterocycles. The average Bonchev–Trinajstić information content (AvgIpc) is 2.46. The van der Waals surface area contributed by atoms with Crippen molar-refractivity contribution in [2.45, 2.75) is 33.2 Å². The van der Waals surface area contributed by atoms with Gasteiger partial charge in [0.05, 0.1) is 12.2 Å². The predicted octanol–water partition coefficient (Wildman–Crippen LogP) is 2.25. The first kappa shape index (κ1) is 17.3. The molecule has 0 aromatic carbocycles. The molecule has 0 fully saturated rings. The molecular weight excluding hydrogens is 262 g/mol. The fraction of sp³-hybridized carbons (Fsp3) is 0.625. The molecule has 0 atom stereocenters. The molecule has 0 aliphatic rings. The Labute approximate surface area is 128 Å². The number of hydrogen-bond donors (Lipinski definition) is 2. The highest BCUT2D eigenvalue weighted by molar-refractivity contribution is 5.79. The maximum Gasteiger partial charge on any atom is 0.191 e. The maximum atomic E-state index is 4.58. The molecule has 5 heteroatoms. The molecule has 1 rings (SSSR count). The van der Waals surface area contributed by atoms with E-state index in [9.17, 15) is 0 Å². The third kappa shape index (κ3) is 6.97. The lowest BCUT2D eigenvalue weighted by molar-refractivity contribution is 0.549. The molecule has 2 N–H and O–H groups in total. The van der Waals surface area contributed by atoms with Crippen LogP contribution in [-0.4, -0.2) is 38.6 Å². The monoisotopic (exact) mass is 291 g/mol. The zero-order valence-electron chi connectivity index (χ0n) is 14.0. The Morgan fingerprint density at radius 3 is 2.67 bits per heavy atom. The van der Waals surface area contributed by atoms with E-state index in [-0.39, 0.29) is 0 Å². The van der Waals surface area contributed by atoms with Crippen LogP contribution >= 0.6 is 0 Å². The first-order valence-corrected chi connectivity index (χ1v) is 7.60. The zero-order valence-corrected chi connectivity index (χ0v) is 14.0. The standard InChI is InChI=1S/C16H29N5/c1-13(2)8-7-11-18-16(17-3)19-12-14-9-6-10-15(20-14)21(4)5/h6,9-10,13H,7-8,11-12H2,1-5H3,(H2,17,18,19). The second-order valence-corrected chi connectivity index (χ2v) is 5.77. The van der Waals surface area contributed by atoms with Crippen LogP contribution in [0.2, 0.25) is 0 Å². The molecule has 1 aromatic rings. The number of pyridine rings is 1. The molecule has 0 unspecified atom stereocenters. The molecule has 0 radical (unpaired) electrons. The van der Waals surface area contributed by atoms with Crippen molar-refractivity contribution in [2.75, 3.05) is 32.6 Å². The number of nitrogens with zero attached hydrogens (tertiary/aromatic N) is 3. The minimum Gasteiger partial charge on any atom is -0.363 e. The van der Waals surface area contributed by atoms with Crippen molar-refractivity contribution in [1.82, 2.24) is 15.6 Å². The van der Waals surface area contributed by atoms with Gasteiger partial charge < -0.3 is 15.5 Å². The van der Waals surface area contributed by atoms with Gasteiger partial charge in [0.1, 0.15) is 5.82 Å². The third-order valence-corrected chi connectivity index (χ3v) is 3.16. The van der Waals surface area contributed by atoms with Gasteiger partial charge in [0.2, 0.25) is 0 Å². The van der Waals surface area contributed by atoms with E-state index in [0.717, 1.165) is 36.4 Å². The number of guanidine groups is 1. The molecular formula is C16H29N5. The molecule has 5 nitrogen and oxygen atoms in total. The molecule has 0 aliphatic carbocycles. The van der Waals surface area contributed by atoms with Crippen LogP contribution in [0.25, 0.3) is 0 Å². The molecule has 118 valence electrons. The quantitative estimate of drug-likeness (QED) is 0.459. The summed E-state index contributed by atoms with van der Waals surface area (Å²) in [5.74, 6) is 2.55. The summed E-state index contributed by atoms with van der Waals surface area (Å²) in [6, 6.07) is 6.05. The van der Waals surface area contributed by atoms with Crippen LogP contribution in [0.15, 0.2) is 23.2 Å². The number of nitrogens with one attached hydrogen (secondary N) is 2. The third-order valence-electron chi connectivity index (χ3n) is 3.16. The lowest BCUT2D eigenvalue weighted by Crippen LogP contribution is -2.37. The SMILES string of the molecule is CN=C(NCCCC(C)C)NCc1cccc(N(C)C)n1. The summed E-state index contributed by atoms with van der Waals surface area (Å²) in [4.78, 5) is 10.8. The smallest absolute Gasteiger partial charge is 0.191 e. The zero-order chi connectivity index (χ0) is 15.7. The molecule has 0 bridgehead atoms. The molecule has 21 heavy (non-hydrogen) atoms. The van der Waals surface area contributed by atoms with Crippen LogP contribution < -0.4 is 15.5 Å². The van der Waals surface area contributed by atoms with Gasteiger partial charge in [-0.05, 0) is 30.9 Å². The van der Waals surface area contributed by atoms with Gasteiger partial charge in [-0.15, -0.1) is 0 Å². The van der Waals surface area contributed by atoms with E-state index in [1.165, 1.54) is 6.42 Å². The van der Waals surface area contributed by atoms with Crippen LogP contribution in [0.1, 0.15) is 32.4 Å². The van der Waals surface area contributed by atoms with Gasteiger partial charge in [-0.2, -0.15) is 0 Å². The lowest BCUT2D eigenvalue weighted by Gasteiger charge is -2.14. The van der Waals surface area contributed by atoms with E-state index in [2.05, 4.69) is 34.5 Å². The van der Waals surface area contributed by atoms with Crippen LogP contribution in [0.5, 0.6) is 0 Å². The predicted molar refractivity (Wildman–Crippen MR) is 90.8 cm³/mol. The summed E-state index contributed by atoms with van der Waals surface area (Å²) >= 11 is 0. The summed E-state index contributed by atoms with van der Waals surface area (Å²) in [5.41, 5.74) is 1.01. The van der Waals surface area contributed by atoms with Crippen molar-refractivity contribution in [3.8, 4) is 0 Å². The maximum absolute atomic E-state index is 4.58. The number of rotatable bonds is 7. The van der Waals surface area contributed by atoms with Gasteiger partial charge in [-0.1, -0.05) is 19.9 Å². The summed E-state index contributed by atoms with van der Waals surface area (Å²) < 4.78 is 0. The van der Waals surface area contributed by atoms with Crippen LogP contribution in [-0.2, 0) is 6.54 Å². The summed E-state index contributed by atoms with van der Waals surface area (Å²) in [6.45, 7) is 6.11. The van der Waals surface area contributed by atoms with Gasteiger partial charge >= 0.3 is 0 Å². The Morgan fingerprint density at radius 2 is 2.05 bits per heavy atom. The van der Waals surface area contributed by atoms with Gasteiger partial charge in [-0.25, -0.2) is 4.98 Å². The van der Waals surface area contributed by atoms with Crippen LogP contribution in [0.4, 0.5) is 5.82 Å². The van der Waals surface area contributed by atoms with Crippen molar-refractivity contribution in [3.05, 3.63) is 23.9 Å². The summed E-state index contributed by atoms with van der Waals surface area (Å²) in [6.07, 6.45) is 2.39. The van der Waals surface area contributed by atoms with E-state index in [1.54, 1.807) is 7.05 Å². The minimum absolute atomic E-state index is 0.672. The normalized spacial score (nSPS) is 11.6. The molecule has 0 amide bonds. The first-order chi connectivity index (χ1) is 10.0.